The highest BCUT2D eigenvalue weighted by Gasteiger charge is 2.07. The smallest absolute Gasteiger partial charge is 0.0194 e. The summed E-state index contributed by atoms with van der Waals surface area (Å²) in [6, 6.07) is 0.687. The molecular weight excluding hydrogens is 184 g/mol. The van der Waals surface area contributed by atoms with E-state index in [1.807, 2.05) is 0 Å². The van der Waals surface area contributed by atoms with E-state index in [2.05, 4.69) is 38.2 Å². The molecule has 0 amide bonds. The summed E-state index contributed by atoms with van der Waals surface area (Å²) in [4.78, 5) is 2.28. The van der Waals surface area contributed by atoms with Crippen LogP contribution in [0.2, 0.25) is 0 Å². The van der Waals surface area contributed by atoms with E-state index < -0.39 is 0 Å². The lowest BCUT2D eigenvalue weighted by Crippen LogP contribution is -2.38. The average Bonchev–Trinajstić information content (AvgIpc) is 2.17. The van der Waals surface area contributed by atoms with Gasteiger partial charge in [-0.3, -0.25) is 0 Å². The third kappa shape index (κ3) is 10.2. The van der Waals surface area contributed by atoms with Gasteiger partial charge in [-0.2, -0.15) is 0 Å². The van der Waals surface area contributed by atoms with Crippen LogP contribution in [0.3, 0.4) is 0 Å². The molecular formula is C13H30N2. The SMILES string of the molecule is CCCCCCCC(CN(C)C)NCC. The van der Waals surface area contributed by atoms with Crippen LogP contribution in [0.25, 0.3) is 0 Å². The zero-order valence-electron chi connectivity index (χ0n) is 11.2. The van der Waals surface area contributed by atoms with Crippen molar-refractivity contribution < 1.29 is 0 Å². The molecule has 0 aliphatic carbocycles. The van der Waals surface area contributed by atoms with Crippen LogP contribution in [0.15, 0.2) is 0 Å². The predicted octanol–water partition coefficient (Wildman–Crippen LogP) is 2.89. The first-order valence-corrected chi connectivity index (χ1v) is 6.58. The van der Waals surface area contributed by atoms with Gasteiger partial charge in [0.2, 0.25) is 0 Å². The minimum Gasteiger partial charge on any atom is -0.313 e. The van der Waals surface area contributed by atoms with Gasteiger partial charge in [0.05, 0.1) is 0 Å². The molecule has 2 heteroatoms. The van der Waals surface area contributed by atoms with Crippen molar-refractivity contribution in [1.82, 2.24) is 10.2 Å². The highest BCUT2D eigenvalue weighted by atomic mass is 15.1. The fourth-order valence-corrected chi connectivity index (χ4v) is 1.98. The van der Waals surface area contributed by atoms with Gasteiger partial charge in [-0.25, -0.2) is 0 Å². The number of hydrogen-bond acceptors (Lipinski definition) is 2. The maximum absolute atomic E-state index is 3.56. The minimum atomic E-state index is 0.687. The lowest BCUT2D eigenvalue weighted by Gasteiger charge is -2.21. The van der Waals surface area contributed by atoms with Gasteiger partial charge >= 0.3 is 0 Å². The maximum atomic E-state index is 3.56. The van der Waals surface area contributed by atoms with Gasteiger partial charge in [0.1, 0.15) is 0 Å². The molecule has 0 rings (SSSR count). The van der Waals surface area contributed by atoms with Gasteiger partial charge in [0, 0.05) is 12.6 Å². The molecule has 0 radical (unpaired) electrons. The summed E-state index contributed by atoms with van der Waals surface area (Å²) in [7, 11) is 4.31. The molecule has 0 spiro atoms. The van der Waals surface area contributed by atoms with E-state index in [-0.39, 0.29) is 0 Å². The second kappa shape index (κ2) is 10.4. The lowest BCUT2D eigenvalue weighted by atomic mass is 10.1. The fraction of sp³-hybridized carbons (Fsp3) is 1.00. The van der Waals surface area contributed by atoms with Gasteiger partial charge < -0.3 is 10.2 Å². The van der Waals surface area contributed by atoms with E-state index in [0.717, 1.165) is 6.54 Å². The molecule has 1 N–H and O–H groups in total. The van der Waals surface area contributed by atoms with Crippen molar-refractivity contribution in [2.75, 3.05) is 27.2 Å². The molecule has 2 nitrogen and oxygen atoms in total. The normalized spacial score (nSPS) is 13.4. The Labute approximate surface area is 96.4 Å². The Morgan fingerprint density at radius 1 is 1.00 bits per heavy atom. The standard InChI is InChI=1S/C13H30N2/c1-5-7-8-9-10-11-13(14-6-2)12-15(3)4/h13-14H,5-12H2,1-4H3. The summed E-state index contributed by atoms with van der Waals surface area (Å²) in [5, 5.41) is 3.56. The zero-order chi connectivity index (χ0) is 11.5. The van der Waals surface area contributed by atoms with Crippen LogP contribution >= 0.6 is 0 Å². The van der Waals surface area contributed by atoms with E-state index in [1.54, 1.807) is 0 Å². The summed E-state index contributed by atoms with van der Waals surface area (Å²) < 4.78 is 0. The molecule has 0 heterocycles. The van der Waals surface area contributed by atoms with E-state index in [9.17, 15) is 0 Å². The summed E-state index contributed by atoms with van der Waals surface area (Å²) in [5.74, 6) is 0. The van der Waals surface area contributed by atoms with Crippen molar-refractivity contribution in [1.29, 1.82) is 0 Å². The predicted molar refractivity (Wildman–Crippen MR) is 69.4 cm³/mol. The van der Waals surface area contributed by atoms with Crippen LogP contribution in [0, 0.1) is 0 Å². The highest BCUT2D eigenvalue weighted by Crippen LogP contribution is 2.07. The fourth-order valence-electron chi connectivity index (χ4n) is 1.98. The average molecular weight is 214 g/mol. The molecule has 0 aromatic rings. The van der Waals surface area contributed by atoms with E-state index >= 15 is 0 Å². The van der Waals surface area contributed by atoms with Gasteiger partial charge in [-0.15, -0.1) is 0 Å². The number of nitrogens with one attached hydrogen (secondary N) is 1. The summed E-state index contributed by atoms with van der Waals surface area (Å²) in [6.07, 6.45) is 8.27. The van der Waals surface area contributed by atoms with Crippen LogP contribution in [0.1, 0.15) is 52.4 Å². The van der Waals surface area contributed by atoms with Crippen molar-refractivity contribution >= 4 is 0 Å². The number of hydrogen-bond donors (Lipinski definition) is 1. The summed E-state index contributed by atoms with van der Waals surface area (Å²) >= 11 is 0. The first-order chi connectivity index (χ1) is 7.20. The quantitative estimate of drug-likeness (QED) is 0.563. The second-order valence-electron chi connectivity index (χ2n) is 4.72. The van der Waals surface area contributed by atoms with Crippen molar-refractivity contribution in [2.24, 2.45) is 0 Å². The Hall–Kier alpha value is -0.0800. The van der Waals surface area contributed by atoms with Gasteiger partial charge in [0.15, 0.2) is 0 Å². The van der Waals surface area contributed by atoms with E-state index in [4.69, 9.17) is 0 Å². The first kappa shape index (κ1) is 14.9. The zero-order valence-corrected chi connectivity index (χ0v) is 11.2. The molecule has 1 atom stereocenters. The van der Waals surface area contributed by atoms with Crippen molar-refractivity contribution in [3.63, 3.8) is 0 Å². The number of likely N-dealkylation sites (N-methyl/N-ethyl adjacent to an activating group) is 2. The van der Waals surface area contributed by atoms with Crippen LogP contribution in [0.5, 0.6) is 0 Å². The largest absolute Gasteiger partial charge is 0.313 e. The first-order valence-electron chi connectivity index (χ1n) is 6.58. The van der Waals surface area contributed by atoms with Gasteiger partial charge in [-0.1, -0.05) is 46.0 Å². The van der Waals surface area contributed by atoms with Crippen LogP contribution in [0.4, 0.5) is 0 Å². The third-order valence-electron chi connectivity index (χ3n) is 2.73. The molecule has 0 aliphatic heterocycles. The molecule has 0 aromatic carbocycles. The number of rotatable bonds is 10. The van der Waals surface area contributed by atoms with Gasteiger partial charge in [-0.05, 0) is 27.1 Å². The molecule has 0 saturated carbocycles. The van der Waals surface area contributed by atoms with Crippen LogP contribution in [-0.2, 0) is 0 Å². The summed E-state index contributed by atoms with van der Waals surface area (Å²) in [6.45, 7) is 6.72. The second-order valence-corrected chi connectivity index (χ2v) is 4.72. The molecule has 15 heavy (non-hydrogen) atoms. The van der Waals surface area contributed by atoms with E-state index in [1.165, 1.54) is 45.1 Å². The Morgan fingerprint density at radius 3 is 2.20 bits per heavy atom. The Balaban J connectivity index is 3.47. The Morgan fingerprint density at radius 2 is 1.67 bits per heavy atom. The Kier molecular flexibility index (Phi) is 10.4. The monoisotopic (exact) mass is 214 g/mol. The lowest BCUT2D eigenvalue weighted by molar-refractivity contribution is 0.323. The molecule has 0 aromatic heterocycles. The third-order valence-corrected chi connectivity index (χ3v) is 2.73. The van der Waals surface area contributed by atoms with Crippen molar-refractivity contribution in [3.8, 4) is 0 Å². The van der Waals surface area contributed by atoms with Crippen LogP contribution < -0.4 is 5.32 Å². The summed E-state index contributed by atoms with van der Waals surface area (Å²) in [5.41, 5.74) is 0. The van der Waals surface area contributed by atoms with Crippen LogP contribution in [-0.4, -0.2) is 38.1 Å². The van der Waals surface area contributed by atoms with Gasteiger partial charge in [0.25, 0.3) is 0 Å². The molecule has 0 aliphatic rings. The van der Waals surface area contributed by atoms with Crippen molar-refractivity contribution in [3.05, 3.63) is 0 Å². The van der Waals surface area contributed by atoms with E-state index in [0.29, 0.717) is 6.04 Å². The van der Waals surface area contributed by atoms with Crippen molar-refractivity contribution in [2.45, 2.75) is 58.4 Å². The topological polar surface area (TPSA) is 15.3 Å². The number of nitrogens with zero attached hydrogens (tertiary/aromatic N) is 1. The molecule has 1 unspecified atom stereocenters. The maximum Gasteiger partial charge on any atom is 0.0194 e. The molecule has 0 saturated heterocycles. The molecule has 0 bridgehead atoms. The molecule has 92 valence electrons. The number of unbranched alkanes of at least 4 members (excludes halogenated alkanes) is 4. The highest BCUT2D eigenvalue weighted by molar-refractivity contribution is 4.68. The molecule has 0 fully saturated rings. The Bertz CT molecular complexity index is 124. The minimum absolute atomic E-state index is 0.687.